The molecule has 45 heavy (non-hydrogen) atoms. The number of methoxy groups -OCH3 is 1. The van der Waals surface area contributed by atoms with Crippen molar-refractivity contribution >= 4 is 17.6 Å². The Kier molecular flexibility index (Phi) is 10.7. The lowest BCUT2D eigenvalue weighted by Gasteiger charge is -2.33. The van der Waals surface area contributed by atoms with E-state index in [1.807, 2.05) is 60.4 Å². The van der Waals surface area contributed by atoms with Crippen LogP contribution in [0.1, 0.15) is 49.8 Å². The third-order valence-electron chi connectivity index (χ3n) is 8.90. The minimum Gasteiger partial charge on any atom is -0.493 e. The number of carbonyl (C=O) groups excluding carboxylic acids is 1. The van der Waals surface area contributed by atoms with E-state index in [2.05, 4.69) is 19.2 Å². The van der Waals surface area contributed by atoms with Crippen LogP contribution in [0.25, 0.3) is 0 Å². The van der Waals surface area contributed by atoms with E-state index in [1.54, 1.807) is 7.11 Å². The van der Waals surface area contributed by atoms with Crippen LogP contribution in [0.2, 0.25) is 0 Å². The molecule has 0 aromatic heterocycles. The zero-order valence-electron chi connectivity index (χ0n) is 26.5. The van der Waals surface area contributed by atoms with E-state index in [0.717, 1.165) is 41.0 Å². The molecular weight excluding hydrogens is 576 g/mol. The number of aryl methyl sites for hydroxylation is 2. The monoisotopic (exact) mass is 620 g/mol. The zero-order chi connectivity index (χ0) is 31.9. The molecule has 2 heterocycles. The van der Waals surface area contributed by atoms with Crippen LogP contribution >= 0.6 is 0 Å². The van der Waals surface area contributed by atoms with Gasteiger partial charge in [-0.1, -0.05) is 38.1 Å². The summed E-state index contributed by atoms with van der Waals surface area (Å²) in [6.45, 7) is 8.15. The van der Waals surface area contributed by atoms with Gasteiger partial charge in [0.2, 0.25) is 18.4 Å². The number of carbonyl (C=O) groups is 2. The molecule has 2 aliphatic heterocycles. The summed E-state index contributed by atoms with van der Waals surface area (Å²) in [5.41, 5.74) is 3.78. The second kappa shape index (κ2) is 14.8. The molecule has 242 valence electrons. The average Bonchev–Trinajstić information content (AvgIpc) is 3.68. The molecule has 4 atom stereocenters. The first-order valence-corrected chi connectivity index (χ1v) is 15.8. The van der Waals surface area contributed by atoms with E-state index in [1.165, 1.54) is 0 Å². The van der Waals surface area contributed by atoms with Crippen molar-refractivity contribution in [3.8, 4) is 17.2 Å². The largest absolute Gasteiger partial charge is 0.493 e. The molecular formula is C35H44N2O8. The van der Waals surface area contributed by atoms with Gasteiger partial charge >= 0.3 is 5.97 Å². The smallest absolute Gasteiger partial charge is 0.308 e. The number of nitrogens with one attached hydrogen (secondary N) is 1. The van der Waals surface area contributed by atoms with Crippen LogP contribution in [0.4, 0.5) is 5.69 Å². The normalized spacial score (nSPS) is 22.3. The van der Waals surface area contributed by atoms with Crippen molar-refractivity contribution in [3.05, 3.63) is 71.0 Å². The Hall–Kier alpha value is -4.02. The predicted octanol–water partition coefficient (Wildman–Crippen LogP) is 5.17. The lowest BCUT2D eigenvalue weighted by Crippen LogP contribution is -2.44. The van der Waals surface area contributed by atoms with Gasteiger partial charge in [0, 0.05) is 30.8 Å². The first-order chi connectivity index (χ1) is 21.9. The molecule has 0 spiro atoms. The molecule has 10 nitrogen and oxygen atoms in total. The Morgan fingerprint density at radius 3 is 2.51 bits per heavy atom. The van der Waals surface area contributed by atoms with Gasteiger partial charge in [-0.2, -0.15) is 0 Å². The van der Waals surface area contributed by atoms with Gasteiger partial charge in [-0.05, 0) is 73.1 Å². The van der Waals surface area contributed by atoms with E-state index in [4.69, 9.17) is 23.7 Å². The van der Waals surface area contributed by atoms with Gasteiger partial charge in [-0.15, -0.1) is 0 Å². The lowest BCUT2D eigenvalue weighted by atomic mass is 9.78. The van der Waals surface area contributed by atoms with Crippen molar-refractivity contribution < 1.29 is 38.4 Å². The van der Waals surface area contributed by atoms with E-state index in [0.29, 0.717) is 50.0 Å². The summed E-state index contributed by atoms with van der Waals surface area (Å²) in [5, 5.41) is 13.9. The van der Waals surface area contributed by atoms with Crippen LogP contribution < -0.4 is 19.5 Å². The predicted molar refractivity (Wildman–Crippen MR) is 170 cm³/mol. The van der Waals surface area contributed by atoms with Crippen molar-refractivity contribution in [2.75, 3.05) is 52.1 Å². The number of carboxylic acid groups (broad SMARTS) is 1. The molecule has 0 bridgehead atoms. The zero-order valence-corrected chi connectivity index (χ0v) is 26.5. The Labute approximate surface area is 264 Å². The summed E-state index contributed by atoms with van der Waals surface area (Å²) >= 11 is 0. The molecule has 1 aliphatic carbocycles. The number of rotatable bonds is 14. The van der Waals surface area contributed by atoms with Gasteiger partial charge in [0.15, 0.2) is 11.5 Å². The molecule has 10 heteroatoms. The number of nitrogens with zero attached hydrogens (tertiary/aromatic N) is 1. The maximum absolute atomic E-state index is 13.7. The van der Waals surface area contributed by atoms with Gasteiger partial charge in [-0.3, -0.25) is 14.5 Å². The van der Waals surface area contributed by atoms with Gasteiger partial charge < -0.3 is 34.1 Å². The molecule has 3 aliphatic rings. The highest BCUT2D eigenvalue weighted by Crippen LogP contribution is 2.48. The highest BCUT2D eigenvalue weighted by Gasteiger charge is 2.50. The van der Waals surface area contributed by atoms with Gasteiger partial charge in [0.25, 0.3) is 0 Å². The number of hydrogen-bond donors (Lipinski definition) is 2. The summed E-state index contributed by atoms with van der Waals surface area (Å²) in [7, 11) is 1.55. The second-order valence-electron chi connectivity index (χ2n) is 11.5. The Balaban J connectivity index is 1.44. The quantitative estimate of drug-likeness (QED) is 0.276. The fourth-order valence-electron chi connectivity index (χ4n) is 6.76. The lowest BCUT2D eigenvalue weighted by molar-refractivity contribution is -0.143. The SMILES string of the molecule is CCOCCOC1=CCC([C@H]2[C@H](C(=O)O)[C@@H](c3cc(OC)c4c(c3)OCO4)CN2CC(=O)Nc2c(CC)cccc2CC)C=C1. The first kappa shape index (κ1) is 32.4. The summed E-state index contributed by atoms with van der Waals surface area (Å²) in [6, 6.07) is 9.32. The molecule has 5 rings (SSSR count). The maximum Gasteiger partial charge on any atom is 0.308 e. The molecule has 1 saturated heterocycles. The minimum absolute atomic E-state index is 0.0552. The van der Waals surface area contributed by atoms with Crippen LogP contribution in [0.5, 0.6) is 17.2 Å². The second-order valence-corrected chi connectivity index (χ2v) is 11.5. The number of para-hydroxylation sites is 1. The van der Waals surface area contributed by atoms with Gasteiger partial charge in [-0.25, -0.2) is 0 Å². The molecule has 1 amide bonds. The minimum atomic E-state index is -0.912. The fourth-order valence-corrected chi connectivity index (χ4v) is 6.76. The van der Waals surface area contributed by atoms with Crippen LogP contribution in [0.3, 0.4) is 0 Å². The van der Waals surface area contributed by atoms with Crippen molar-refractivity contribution in [2.45, 2.75) is 52.0 Å². The standard InChI is InChI=1S/C35H44N2O8/c1-5-22-9-8-10-23(6-2)32(22)36-30(38)20-37-19-27(25-17-28(41-4)34-29(18-25)44-21-45-34)31(35(39)40)33(37)24-11-13-26(14-12-24)43-16-15-42-7-3/h8-11,13-14,17-18,24,27,31,33H,5-7,12,15-16,19-21H2,1-4H3,(H,36,38)(H,39,40)/t24?,27-,31-,33+/m1/s1. The Morgan fingerprint density at radius 2 is 1.87 bits per heavy atom. The van der Waals surface area contributed by atoms with Crippen LogP contribution in [0.15, 0.2) is 54.3 Å². The topological polar surface area (TPSA) is 116 Å². The number of aliphatic carboxylic acids is 1. The highest BCUT2D eigenvalue weighted by molar-refractivity contribution is 5.94. The first-order valence-electron chi connectivity index (χ1n) is 15.8. The Bertz CT molecular complexity index is 1410. The van der Waals surface area contributed by atoms with Crippen molar-refractivity contribution in [1.82, 2.24) is 4.90 Å². The third-order valence-corrected chi connectivity index (χ3v) is 8.90. The summed E-state index contributed by atoms with van der Waals surface area (Å²) < 4.78 is 28.1. The molecule has 2 aromatic carbocycles. The molecule has 1 unspecified atom stereocenters. The maximum atomic E-state index is 13.7. The number of anilines is 1. The van der Waals surface area contributed by atoms with Crippen LogP contribution in [-0.2, 0) is 31.9 Å². The average molecular weight is 621 g/mol. The number of benzene rings is 2. The van der Waals surface area contributed by atoms with Gasteiger partial charge in [0.1, 0.15) is 12.4 Å². The number of hydrogen-bond acceptors (Lipinski definition) is 8. The molecule has 2 aromatic rings. The van der Waals surface area contributed by atoms with Crippen LogP contribution in [-0.4, -0.2) is 74.7 Å². The Morgan fingerprint density at radius 1 is 1.09 bits per heavy atom. The number of likely N-dealkylation sites (tertiary alicyclic amines) is 1. The van der Waals surface area contributed by atoms with Crippen LogP contribution in [0, 0.1) is 11.8 Å². The number of ether oxygens (including phenoxy) is 5. The number of amides is 1. The molecule has 0 radical (unpaired) electrons. The van der Waals surface area contributed by atoms with E-state index >= 15 is 0 Å². The van der Waals surface area contributed by atoms with Crippen molar-refractivity contribution in [1.29, 1.82) is 0 Å². The fraction of sp³-hybridized carbons (Fsp3) is 0.486. The molecule has 1 fully saturated rings. The highest BCUT2D eigenvalue weighted by atomic mass is 16.7. The van der Waals surface area contributed by atoms with Crippen molar-refractivity contribution in [2.24, 2.45) is 11.8 Å². The van der Waals surface area contributed by atoms with Gasteiger partial charge in [0.05, 0.1) is 26.2 Å². The summed E-state index contributed by atoms with van der Waals surface area (Å²) in [4.78, 5) is 28.8. The van der Waals surface area contributed by atoms with E-state index < -0.39 is 23.8 Å². The van der Waals surface area contributed by atoms with E-state index in [-0.39, 0.29) is 25.2 Å². The number of fused-ring (bicyclic) bond motifs is 1. The number of carboxylic acids is 1. The molecule has 2 N–H and O–H groups in total. The molecule has 0 saturated carbocycles. The third kappa shape index (κ3) is 7.12. The van der Waals surface area contributed by atoms with Crippen molar-refractivity contribution in [3.63, 3.8) is 0 Å². The summed E-state index contributed by atoms with van der Waals surface area (Å²) in [5.74, 6) is -0.164. The van der Waals surface area contributed by atoms with E-state index in [9.17, 15) is 14.7 Å². The summed E-state index contributed by atoms with van der Waals surface area (Å²) in [6.07, 6.45) is 8.08. The number of allylic oxidation sites excluding steroid dienone is 2.